The van der Waals surface area contributed by atoms with Crippen molar-refractivity contribution in [2.24, 2.45) is 28.1 Å². The Hall–Kier alpha value is -2.89. The van der Waals surface area contributed by atoms with Crippen LogP contribution in [0.5, 0.6) is 0 Å². The molecular weight excluding hydrogens is 370 g/mol. The number of aliphatic imine (C=N–C) groups is 1. The maximum atomic E-state index is 12.5. The lowest BCUT2D eigenvalue weighted by Crippen LogP contribution is -2.53. The van der Waals surface area contributed by atoms with Crippen LogP contribution in [0.2, 0.25) is 0 Å². The Labute approximate surface area is 163 Å². The quantitative estimate of drug-likeness (QED) is 0.0970. The number of amides is 3. The van der Waals surface area contributed by atoms with Crippen LogP contribution < -0.4 is 33.2 Å². The van der Waals surface area contributed by atoms with Crippen LogP contribution in [0.15, 0.2) is 4.99 Å². The van der Waals surface area contributed by atoms with Gasteiger partial charge >= 0.3 is 5.97 Å². The number of carboxylic acids is 1. The second-order valence-electron chi connectivity index (χ2n) is 6.58. The van der Waals surface area contributed by atoms with E-state index in [1.54, 1.807) is 0 Å². The van der Waals surface area contributed by atoms with Crippen molar-refractivity contribution in [3.8, 4) is 0 Å². The Morgan fingerprint density at radius 2 is 1.68 bits per heavy atom. The summed E-state index contributed by atoms with van der Waals surface area (Å²) in [4.78, 5) is 50.8. The summed E-state index contributed by atoms with van der Waals surface area (Å²) in [7, 11) is 0. The van der Waals surface area contributed by atoms with Crippen molar-refractivity contribution in [1.82, 2.24) is 16.0 Å². The maximum absolute atomic E-state index is 12.5. The largest absolute Gasteiger partial charge is 0.480 e. The molecule has 0 aromatic rings. The van der Waals surface area contributed by atoms with Crippen LogP contribution in [0.1, 0.15) is 33.1 Å². The molecule has 0 aliphatic heterocycles. The van der Waals surface area contributed by atoms with Crippen molar-refractivity contribution in [3.63, 3.8) is 0 Å². The number of nitrogens with zero attached hydrogens (tertiary/aromatic N) is 1. The summed E-state index contributed by atoms with van der Waals surface area (Å²) in [5, 5.41) is 16.5. The molecule has 0 fully saturated rings. The molecule has 0 heterocycles. The second-order valence-corrected chi connectivity index (χ2v) is 6.58. The Bertz CT molecular complexity index is 576. The van der Waals surface area contributed by atoms with E-state index in [-0.39, 0.29) is 44.4 Å². The number of aliphatic carboxylic acids is 1. The summed E-state index contributed by atoms with van der Waals surface area (Å²) in [6.45, 7) is 3.26. The summed E-state index contributed by atoms with van der Waals surface area (Å²) >= 11 is 0. The number of guanidine groups is 1. The van der Waals surface area contributed by atoms with E-state index >= 15 is 0 Å². The molecule has 0 radical (unpaired) electrons. The third kappa shape index (κ3) is 11.7. The minimum Gasteiger partial charge on any atom is -0.480 e. The van der Waals surface area contributed by atoms with E-state index in [0.717, 1.165) is 0 Å². The fourth-order valence-corrected chi connectivity index (χ4v) is 2.23. The van der Waals surface area contributed by atoms with Crippen molar-refractivity contribution in [2.75, 3.05) is 19.6 Å². The van der Waals surface area contributed by atoms with Crippen molar-refractivity contribution >= 4 is 29.7 Å². The molecule has 28 heavy (non-hydrogen) atoms. The van der Waals surface area contributed by atoms with Crippen LogP contribution in [0, 0.1) is 5.92 Å². The Morgan fingerprint density at radius 3 is 2.18 bits per heavy atom. The second kappa shape index (κ2) is 13.3. The zero-order chi connectivity index (χ0) is 21.7. The first-order valence-electron chi connectivity index (χ1n) is 8.91. The molecule has 2 unspecified atom stereocenters. The first kappa shape index (κ1) is 25.1. The highest BCUT2D eigenvalue weighted by Gasteiger charge is 2.26. The van der Waals surface area contributed by atoms with Gasteiger partial charge in [0.05, 0.1) is 13.1 Å². The first-order chi connectivity index (χ1) is 13.1. The van der Waals surface area contributed by atoms with Crippen molar-refractivity contribution < 1.29 is 24.3 Å². The molecule has 160 valence electrons. The molecule has 0 saturated carbocycles. The standard InChI is InChI=1S/C16H31N7O5/c1-9(2)6-11(15(27)28)23-14(26)10(4-3-5-20-16(18)19)22-13(25)8-21-12(24)7-17/h9-11H,3-8,17H2,1-2H3,(H,21,24)(H,22,25)(H,23,26)(H,27,28)(H4,18,19,20). The van der Waals surface area contributed by atoms with Crippen LogP contribution in [0.4, 0.5) is 0 Å². The van der Waals surface area contributed by atoms with Gasteiger partial charge in [-0.1, -0.05) is 13.8 Å². The van der Waals surface area contributed by atoms with Crippen LogP contribution in [-0.4, -0.2) is 66.5 Å². The predicted molar refractivity (Wildman–Crippen MR) is 103 cm³/mol. The molecule has 0 saturated heterocycles. The van der Waals surface area contributed by atoms with Gasteiger partial charge in [-0.25, -0.2) is 4.79 Å². The number of nitrogens with two attached hydrogens (primary N) is 3. The maximum Gasteiger partial charge on any atom is 0.326 e. The number of hydrogen-bond donors (Lipinski definition) is 7. The van der Waals surface area contributed by atoms with Crippen LogP contribution in [0.3, 0.4) is 0 Å². The third-order valence-electron chi connectivity index (χ3n) is 3.55. The van der Waals surface area contributed by atoms with Gasteiger partial charge in [-0.3, -0.25) is 19.4 Å². The van der Waals surface area contributed by atoms with Crippen molar-refractivity contribution in [1.29, 1.82) is 0 Å². The minimum absolute atomic E-state index is 0.0442. The van der Waals surface area contributed by atoms with E-state index in [0.29, 0.717) is 6.42 Å². The van der Waals surface area contributed by atoms with Gasteiger partial charge in [-0.05, 0) is 25.2 Å². The zero-order valence-corrected chi connectivity index (χ0v) is 16.2. The van der Waals surface area contributed by atoms with Gasteiger partial charge in [0, 0.05) is 6.54 Å². The lowest BCUT2D eigenvalue weighted by molar-refractivity contribution is -0.142. The SMILES string of the molecule is CC(C)CC(NC(=O)C(CCCN=C(N)N)NC(=O)CNC(=O)CN)C(=O)O. The number of carboxylic acid groups (broad SMARTS) is 1. The summed E-state index contributed by atoms with van der Waals surface area (Å²) in [6, 6.07) is -2.09. The lowest BCUT2D eigenvalue weighted by Gasteiger charge is -2.22. The van der Waals surface area contributed by atoms with E-state index < -0.39 is 35.8 Å². The van der Waals surface area contributed by atoms with E-state index in [4.69, 9.17) is 17.2 Å². The van der Waals surface area contributed by atoms with Gasteiger partial charge in [0.1, 0.15) is 12.1 Å². The van der Waals surface area contributed by atoms with Crippen molar-refractivity contribution in [3.05, 3.63) is 0 Å². The molecule has 0 aliphatic rings. The van der Waals surface area contributed by atoms with E-state index in [9.17, 15) is 24.3 Å². The van der Waals surface area contributed by atoms with Crippen LogP contribution in [0.25, 0.3) is 0 Å². The molecule has 12 heteroatoms. The lowest BCUT2D eigenvalue weighted by atomic mass is 10.0. The molecular formula is C16H31N7O5. The normalized spacial score (nSPS) is 12.6. The van der Waals surface area contributed by atoms with E-state index in [2.05, 4.69) is 20.9 Å². The first-order valence-corrected chi connectivity index (χ1v) is 8.91. The smallest absolute Gasteiger partial charge is 0.326 e. The molecule has 10 N–H and O–H groups in total. The number of nitrogens with one attached hydrogen (secondary N) is 3. The Morgan fingerprint density at radius 1 is 1.04 bits per heavy atom. The molecule has 0 aliphatic carbocycles. The number of rotatable bonds is 13. The molecule has 0 spiro atoms. The van der Waals surface area contributed by atoms with Crippen molar-refractivity contribution in [2.45, 2.75) is 45.2 Å². The molecule has 0 rings (SSSR count). The van der Waals surface area contributed by atoms with E-state index in [1.165, 1.54) is 0 Å². The highest BCUT2D eigenvalue weighted by molar-refractivity contribution is 5.92. The van der Waals surface area contributed by atoms with E-state index in [1.807, 2.05) is 13.8 Å². The Kier molecular flexibility index (Phi) is 11.9. The molecule has 0 bridgehead atoms. The molecule has 2 atom stereocenters. The van der Waals surface area contributed by atoms with Crippen LogP contribution >= 0.6 is 0 Å². The van der Waals surface area contributed by atoms with Gasteiger partial charge < -0.3 is 38.3 Å². The van der Waals surface area contributed by atoms with Gasteiger partial charge in [0.15, 0.2) is 5.96 Å². The number of hydrogen-bond acceptors (Lipinski definition) is 6. The highest BCUT2D eigenvalue weighted by atomic mass is 16.4. The Balaban J connectivity index is 4.99. The highest BCUT2D eigenvalue weighted by Crippen LogP contribution is 2.06. The number of carbonyl (C=O) groups excluding carboxylic acids is 3. The fourth-order valence-electron chi connectivity index (χ4n) is 2.23. The molecule has 12 nitrogen and oxygen atoms in total. The summed E-state index contributed by atoms with van der Waals surface area (Å²) < 4.78 is 0. The van der Waals surface area contributed by atoms with Crippen LogP contribution in [-0.2, 0) is 19.2 Å². The molecule has 0 aromatic carbocycles. The summed E-state index contributed by atoms with van der Waals surface area (Å²) in [5.41, 5.74) is 15.6. The van der Waals surface area contributed by atoms with Gasteiger partial charge in [0.25, 0.3) is 0 Å². The molecule has 0 aromatic heterocycles. The fraction of sp³-hybridized carbons (Fsp3) is 0.688. The average Bonchev–Trinajstić information content (AvgIpc) is 2.60. The number of carbonyl (C=O) groups is 4. The monoisotopic (exact) mass is 401 g/mol. The third-order valence-corrected chi connectivity index (χ3v) is 3.55. The zero-order valence-electron chi connectivity index (χ0n) is 16.2. The van der Waals surface area contributed by atoms with Gasteiger partial charge in [0.2, 0.25) is 17.7 Å². The predicted octanol–water partition coefficient (Wildman–Crippen LogP) is -2.78. The van der Waals surface area contributed by atoms with Gasteiger partial charge in [-0.15, -0.1) is 0 Å². The average molecular weight is 401 g/mol. The molecule has 3 amide bonds. The minimum atomic E-state index is -1.16. The summed E-state index contributed by atoms with van der Waals surface area (Å²) in [6.07, 6.45) is 0.781. The topological polar surface area (TPSA) is 215 Å². The summed E-state index contributed by atoms with van der Waals surface area (Å²) in [5.74, 6) is -2.99. The van der Waals surface area contributed by atoms with Gasteiger partial charge in [-0.2, -0.15) is 0 Å².